The number of anilines is 2. The Morgan fingerprint density at radius 1 is 1.21 bits per heavy atom. The number of nitrogen functional groups attached to an aromatic ring is 1. The van der Waals surface area contributed by atoms with Crippen molar-refractivity contribution in [3.63, 3.8) is 0 Å². The van der Waals surface area contributed by atoms with E-state index in [1.807, 2.05) is 24.3 Å². The molecule has 2 aromatic carbocycles. The van der Waals surface area contributed by atoms with Gasteiger partial charge in [0.25, 0.3) is 0 Å². The van der Waals surface area contributed by atoms with Gasteiger partial charge >= 0.3 is 0 Å². The van der Waals surface area contributed by atoms with Gasteiger partial charge in [0, 0.05) is 17.1 Å². The summed E-state index contributed by atoms with van der Waals surface area (Å²) in [5.74, 6) is -0.493. The Kier molecular flexibility index (Phi) is 3.92. The molecule has 0 aliphatic heterocycles. The maximum atomic E-state index is 11.0. The van der Waals surface area contributed by atoms with E-state index in [9.17, 15) is 4.79 Å². The van der Waals surface area contributed by atoms with Crippen LogP contribution < -0.4 is 16.8 Å². The van der Waals surface area contributed by atoms with Crippen LogP contribution in [0, 0.1) is 0 Å². The molecule has 5 heteroatoms. The monoisotopic (exact) mass is 275 g/mol. The number of benzene rings is 2. The van der Waals surface area contributed by atoms with Gasteiger partial charge in [0.15, 0.2) is 0 Å². The van der Waals surface area contributed by atoms with E-state index in [4.69, 9.17) is 23.1 Å². The molecule has 0 fully saturated rings. The topological polar surface area (TPSA) is 81.1 Å². The van der Waals surface area contributed by atoms with Gasteiger partial charge in [0.05, 0.1) is 11.4 Å². The summed E-state index contributed by atoms with van der Waals surface area (Å²) in [5, 5.41) is 3.88. The Labute approximate surface area is 116 Å². The summed E-state index contributed by atoms with van der Waals surface area (Å²) in [4.78, 5) is 11.0. The van der Waals surface area contributed by atoms with Crippen LogP contribution in [0.5, 0.6) is 0 Å². The molecule has 0 aromatic heterocycles. The molecule has 2 aromatic rings. The first kappa shape index (κ1) is 13.2. The Morgan fingerprint density at radius 3 is 2.63 bits per heavy atom. The van der Waals surface area contributed by atoms with Gasteiger partial charge in [-0.05, 0) is 35.9 Å². The van der Waals surface area contributed by atoms with E-state index in [2.05, 4.69) is 5.32 Å². The van der Waals surface area contributed by atoms with Crippen molar-refractivity contribution in [2.45, 2.75) is 6.54 Å². The number of hydrogen-bond donors (Lipinski definition) is 3. The number of nitrogens with one attached hydrogen (secondary N) is 1. The molecule has 0 saturated carbocycles. The molecule has 0 radical (unpaired) electrons. The van der Waals surface area contributed by atoms with Crippen molar-refractivity contribution in [2.75, 3.05) is 11.1 Å². The fraction of sp³-hybridized carbons (Fsp3) is 0.0714. The van der Waals surface area contributed by atoms with E-state index in [1.54, 1.807) is 18.2 Å². The SMILES string of the molecule is NC(=O)c1ccc(NCc2cccc(Cl)c2)c(N)c1. The molecule has 2 rings (SSSR count). The molecular weight excluding hydrogens is 262 g/mol. The molecule has 0 heterocycles. The summed E-state index contributed by atoms with van der Waals surface area (Å²) in [5.41, 5.74) is 13.7. The third-order valence-corrected chi connectivity index (χ3v) is 2.94. The van der Waals surface area contributed by atoms with Crippen molar-refractivity contribution in [3.8, 4) is 0 Å². The first-order valence-electron chi connectivity index (χ1n) is 5.74. The number of hydrogen-bond acceptors (Lipinski definition) is 3. The second-order valence-corrected chi connectivity index (χ2v) is 4.59. The van der Waals surface area contributed by atoms with Crippen LogP contribution in [-0.4, -0.2) is 5.91 Å². The van der Waals surface area contributed by atoms with Gasteiger partial charge in [-0.3, -0.25) is 4.79 Å². The number of rotatable bonds is 4. The Morgan fingerprint density at radius 2 is 2.00 bits per heavy atom. The molecule has 19 heavy (non-hydrogen) atoms. The van der Waals surface area contributed by atoms with E-state index >= 15 is 0 Å². The van der Waals surface area contributed by atoms with Gasteiger partial charge in [0.1, 0.15) is 0 Å². The zero-order valence-corrected chi connectivity index (χ0v) is 10.9. The second-order valence-electron chi connectivity index (χ2n) is 4.15. The Hall–Kier alpha value is -2.20. The molecule has 98 valence electrons. The smallest absolute Gasteiger partial charge is 0.248 e. The zero-order chi connectivity index (χ0) is 13.8. The molecule has 1 amide bonds. The van der Waals surface area contributed by atoms with Crippen LogP contribution in [0.15, 0.2) is 42.5 Å². The van der Waals surface area contributed by atoms with E-state index in [0.29, 0.717) is 22.8 Å². The van der Waals surface area contributed by atoms with Gasteiger partial charge in [-0.25, -0.2) is 0 Å². The summed E-state index contributed by atoms with van der Waals surface area (Å²) in [6.45, 7) is 0.598. The molecule has 0 unspecified atom stereocenters. The minimum atomic E-state index is -0.493. The molecule has 0 bridgehead atoms. The van der Waals surface area contributed by atoms with Gasteiger partial charge < -0.3 is 16.8 Å². The number of amides is 1. The summed E-state index contributed by atoms with van der Waals surface area (Å²) >= 11 is 5.91. The third-order valence-electron chi connectivity index (χ3n) is 2.71. The second kappa shape index (κ2) is 5.63. The molecule has 4 nitrogen and oxygen atoms in total. The van der Waals surface area contributed by atoms with Crippen LogP contribution in [0.1, 0.15) is 15.9 Å². The molecular formula is C14H14ClN3O. The van der Waals surface area contributed by atoms with Crippen molar-refractivity contribution in [3.05, 3.63) is 58.6 Å². The molecule has 5 N–H and O–H groups in total. The number of nitrogens with two attached hydrogens (primary N) is 2. The molecule has 0 saturated heterocycles. The highest BCUT2D eigenvalue weighted by Crippen LogP contribution is 2.21. The van der Waals surface area contributed by atoms with Gasteiger partial charge in [-0.2, -0.15) is 0 Å². The fourth-order valence-electron chi connectivity index (χ4n) is 1.72. The van der Waals surface area contributed by atoms with Crippen molar-refractivity contribution in [1.82, 2.24) is 0 Å². The summed E-state index contributed by atoms with van der Waals surface area (Å²) in [6, 6.07) is 12.5. The van der Waals surface area contributed by atoms with Crippen molar-refractivity contribution in [1.29, 1.82) is 0 Å². The van der Waals surface area contributed by atoms with E-state index in [1.165, 1.54) is 0 Å². The van der Waals surface area contributed by atoms with Crippen LogP contribution in [0.4, 0.5) is 11.4 Å². The van der Waals surface area contributed by atoms with Gasteiger partial charge in [-0.15, -0.1) is 0 Å². The van der Waals surface area contributed by atoms with Crippen LogP contribution in [0.2, 0.25) is 5.02 Å². The first-order valence-corrected chi connectivity index (χ1v) is 6.11. The highest BCUT2D eigenvalue weighted by Gasteiger charge is 2.04. The molecule has 0 aliphatic rings. The third kappa shape index (κ3) is 3.39. The Bertz CT molecular complexity index is 613. The van der Waals surface area contributed by atoms with E-state index in [-0.39, 0.29) is 0 Å². The number of halogens is 1. The van der Waals surface area contributed by atoms with E-state index < -0.39 is 5.91 Å². The van der Waals surface area contributed by atoms with Crippen LogP contribution >= 0.6 is 11.6 Å². The maximum Gasteiger partial charge on any atom is 0.248 e. The van der Waals surface area contributed by atoms with Gasteiger partial charge in [-0.1, -0.05) is 23.7 Å². The average Bonchev–Trinajstić information content (AvgIpc) is 2.37. The molecule has 0 spiro atoms. The lowest BCUT2D eigenvalue weighted by Gasteiger charge is -2.10. The highest BCUT2D eigenvalue weighted by molar-refractivity contribution is 6.30. The molecule has 0 aliphatic carbocycles. The number of primary amides is 1. The predicted molar refractivity (Wildman–Crippen MR) is 78.2 cm³/mol. The largest absolute Gasteiger partial charge is 0.397 e. The minimum absolute atomic E-state index is 0.394. The number of carbonyl (C=O) groups excluding carboxylic acids is 1. The lowest BCUT2D eigenvalue weighted by molar-refractivity contribution is 0.100. The molecule has 0 atom stereocenters. The normalized spacial score (nSPS) is 10.2. The van der Waals surface area contributed by atoms with Crippen LogP contribution in [-0.2, 0) is 6.54 Å². The highest BCUT2D eigenvalue weighted by atomic mass is 35.5. The predicted octanol–water partition coefficient (Wildman–Crippen LogP) is 2.63. The van der Waals surface area contributed by atoms with Gasteiger partial charge in [0.2, 0.25) is 5.91 Å². The minimum Gasteiger partial charge on any atom is -0.397 e. The fourth-order valence-corrected chi connectivity index (χ4v) is 1.93. The van der Waals surface area contributed by atoms with Crippen LogP contribution in [0.3, 0.4) is 0 Å². The lowest BCUT2D eigenvalue weighted by Crippen LogP contribution is -2.12. The average molecular weight is 276 g/mol. The van der Waals surface area contributed by atoms with Crippen molar-refractivity contribution < 1.29 is 4.79 Å². The summed E-state index contributed by atoms with van der Waals surface area (Å²) in [7, 11) is 0. The summed E-state index contributed by atoms with van der Waals surface area (Å²) in [6.07, 6.45) is 0. The number of carbonyl (C=O) groups is 1. The summed E-state index contributed by atoms with van der Waals surface area (Å²) < 4.78 is 0. The zero-order valence-electron chi connectivity index (χ0n) is 10.2. The standard InChI is InChI=1S/C14H14ClN3O/c15-11-3-1-2-9(6-11)8-18-13-5-4-10(14(17)19)7-12(13)16/h1-7,18H,8,16H2,(H2,17,19). The van der Waals surface area contributed by atoms with Crippen molar-refractivity contribution in [2.24, 2.45) is 5.73 Å². The van der Waals surface area contributed by atoms with Crippen molar-refractivity contribution >= 4 is 28.9 Å². The van der Waals surface area contributed by atoms with Crippen LogP contribution in [0.25, 0.3) is 0 Å². The quantitative estimate of drug-likeness (QED) is 0.750. The Balaban J connectivity index is 2.10. The maximum absolute atomic E-state index is 11.0. The lowest BCUT2D eigenvalue weighted by atomic mass is 10.1. The van der Waals surface area contributed by atoms with E-state index in [0.717, 1.165) is 11.3 Å². The first-order chi connectivity index (χ1) is 9.06.